The molecule has 2 amide bonds. The Kier molecular flexibility index (Phi) is 10.00. The molecule has 0 heterocycles. The molecule has 0 bridgehead atoms. The average Bonchev–Trinajstić information content (AvgIpc) is 2.66. The zero-order chi connectivity index (χ0) is 21.8. The highest BCUT2D eigenvalue weighted by molar-refractivity contribution is 5.89. The molecule has 1 aromatic carbocycles. The maximum Gasteiger partial charge on any atom is 0.408 e. The van der Waals surface area contributed by atoms with E-state index in [0.29, 0.717) is 13.0 Å². The lowest BCUT2D eigenvalue weighted by molar-refractivity contribution is -0.142. The summed E-state index contributed by atoms with van der Waals surface area (Å²) in [5.74, 6) is -2.29. The van der Waals surface area contributed by atoms with Gasteiger partial charge in [-0.1, -0.05) is 44.2 Å². The van der Waals surface area contributed by atoms with Crippen LogP contribution < -0.4 is 21.7 Å². The van der Waals surface area contributed by atoms with E-state index in [1.165, 1.54) is 0 Å². The number of aliphatic carboxylic acids is 1. The third-order valence-corrected chi connectivity index (χ3v) is 4.03. The van der Waals surface area contributed by atoms with Crippen LogP contribution in [0.15, 0.2) is 30.3 Å². The Hall–Kier alpha value is -3.30. The number of amides is 2. The van der Waals surface area contributed by atoms with Gasteiger partial charge in [-0.2, -0.15) is 0 Å². The number of hydrogen-bond acceptors (Lipinski definition) is 5. The minimum absolute atomic E-state index is 0.0556. The third-order valence-electron chi connectivity index (χ3n) is 4.03. The molecule has 0 aromatic heterocycles. The molecule has 0 aliphatic heterocycles. The SMILES string of the molecule is CC(C)[C@H](NC(=O)OCc1ccccc1)C(=O)NC(CCCNC(=N)N)C(=O)O. The minimum atomic E-state index is -1.18. The van der Waals surface area contributed by atoms with Gasteiger partial charge in [-0.05, 0) is 24.3 Å². The molecule has 0 radical (unpaired) electrons. The number of ether oxygens (including phenoxy) is 1. The molecule has 7 N–H and O–H groups in total. The molecule has 0 saturated carbocycles. The van der Waals surface area contributed by atoms with Crippen molar-refractivity contribution < 1.29 is 24.2 Å². The molecule has 1 unspecified atom stereocenters. The number of carbonyl (C=O) groups excluding carboxylic acids is 2. The highest BCUT2D eigenvalue weighted by Crippen LogP contribution is 2.06. The topological polar surface area (TPSA) is 167 Å². The molecule has 0 aliphatic rings. The maximum absolute atomic E-state index is 12.5. The van der Waals surface area contributed by atoms with E-state index in [4.69, 9.17) is 15.9 Å². The Morgan fingerprint density at radius 3 is 2.38 bits per heavy atom. The summed E-state index contributed by atoms with van der Waals surface area (Å²) in [5.41, 5.74) is 5.97. The van der Waals surface area contributed by atoms with E-state index in [1.54, 1.807) is 26.0 Å². The summed E-state index contributed by atoms with van der Waals surface area (Å²) in [6, 6.07) is 7.02. The lowest BCUT2D eigenvalue weighted by atomic mass is 10.0. The monoisotopic (exact) mass is 407 g/mol. The van der Waals surface area contributed by atoms with E-state index in [0.717, 1.165) is 5.56 Å². The van der Waals surface area contributed by atoms with Gasteiger partial charge in [0.15, 0.2) is 5.96 Å². The number of alkyl carbamates (subject to hydrolysis) is 1. The molecule has 160 valence electrons. The van der Waals surface area contributed by atoms with E-state index in [-0.39, 0.29) is 24.9 Å². The van der Waals surface area contributed by atoms with Crippen molar-refractivity contribution >= 4 is 23.9 Å². The molecular formula is C19H29N5O5. The fourth-order valence-electron chi connectivity index (χ4n) is 2.47. The summed E-state index contributed by atoms with van der Waals surface area (Å²) in [6.45, 7) is 3.83. The summed E-state index contributed by atoms with van der Waals surface area (Å²) >= 11 is 0. The van der Waals surface area contributed by atoms with Crippen LogP contribution >= 0.6 is 0 Å². The largest absolute Gasteiger partial charge is 0.480 e. The number of nitrogens with one attached hydrogen (secondary N) is 4. The van der Waals surface area contributed by atoms with E-state index < -0.39 is 30.1 Å². The first-order chi connectivity index (χ1) is 13.7. The Morgan fingerprint density at radius 1 is 1.17 bits per heavy atom. The summed E-state index contributed by atoms with van der Waals surface area (Å²) < 4.78 is 5.13. The van der Waals surface area contributed by atoms with Crippen LogP contribution in [0.3, 0.4) is 0 Å². The summed E-state index contributed by atoms with van der Waals surface area (Å²) in [5, 5.41) is 23.9. The van der Waals surface area contributed by atoms with E-state index in [9.17, 15) is 19.5 Å². The van der Waals surface area contributed by atoms with Crippen molar-refractivity contribution in [3.63, 3.8) is 0 Å². The van der Waals surface area contributed by atoms with Crippen molar-refractivity contribution in [3.8, 4) is 0 Å². The Balaban J connectivity index is 2.58. The van der Waals surface area contributed by atoms with Crippen molar-refractivity contribution in [2.24, 2.45) is 11.7 Å². The highest BCUT2D eigenvalue weighted by Gasteiger charge is 2.28. The third kappa shape index (κ3) is 9.45. The zero-order valence-corrected chi connectivity index (χ0v) is 16.6. The van der Waals surface area contributed by atoms with Crippen LogP contribution in [-0.4, -0.2) is 47.7 Å². The standard InChI is InChI=1S/C19H29N5O5/c1-12(2)15(24-19(28)29-11-13-7-4-3-5-8-13)16(25)23-14(17(26)27)9-6-10-22-18(20)21/h3-5,7-8,12,14-15H,6,9-11H2,1-2H3,(H,23,25)(H,24,28)(H,26,27)(H4,20,21,22)/t14?,15-/m0/s1. The second-order valence-corrected chi connectivity index (χ2v) is 6.81. The molecule has 1 rings (SSSR count). The number of hydrogen-bond donors (Lipinski definition) is 6. The second-order valence-electron chi connectivity index (χ2n) is 6.81. The number of carboxylic acids is 1. The zero-order valence-electron chi connectivity index (χ0n) is 16.6. The molecule has 0 spiro atoms. The van der Waals surface area contributed by atoms with Crippen molar-refractivity contribution in [1.29, 1.82) is 5.41 Å². The first-order valence-corrected chi connectivity index (χ1v) is 9.29. The maximum atomic E-state index is 12.5. The second kappa shape index (κ2) is 12.2. The Labute approximate surface area is 169 Å². The molecule has 0 fully saturated rings. The molecule has 2 atom stereocenters. The van der Waals surface area contributed by atoms with Gasteiger partial charge in [-0.25, -0.2) is 9.59 Å². The van der Waals surface area contributed by atoms with Gasteiger partial charge < -0.3 is 31.5 Å². The van der Waals surface area contributed by atoms with Gasteiger partial charge in [-0.15, -0.1) is 0 Å². The van der Waals surface area contributed by atoms with Crippen LogP contribution in [0.2, 0.25) is 0 Å². The van der Waals surface area contributed by atoms with Crippen LogP contribution in [0.1, 0.15) is 32.3 Å². The van der Waals surface area contributed by atoms with Crippen LogP contribution in [0, 0.1) is 11.3 Å². The molecule has 0 saturated heterocycles. The van der Waals surface area contributed by atoms with Crippen molar-refractivity contribution in [2.75, 3.05) is 6.54 Å². The Morgan fingerprint density at radius 2 is 1.83 bits per heavy atom. The number of nitrogens with two attached hydrogens (primary N) is 1. The van der Waals surface area contributed by atoms with Crippen molar-refractivity contribution in [3.05, 3.63) is 35.9 Å². The predicted molar refractivity (Wildman–Crippen MR) is 107 cm³/mol. The van der Waals surface area contributed by atoms with Gasteiger partial charge in [-0.3, -0.25) is 10.2 Å². The molecule has 10 heteroatoms. The summed E-state index contributed by atoms with van der Waals surface area (Å²) in [6.07, 6.45) is -0.236. The summed E-state index contributed by atoms with van der Waals surface area (Å²) in [4.78, 5) is 36.0. The van der Waals surface area contributed by atoms with Crippen LogP contribution in [-0.2, 0) is 20.9 Å². The normalized spacial score (nSPS) is 12.5. The molecule has 10 nitrogen and oxygen atoms in total. The first kappa shape index (κ1) is 23.7. The first-order valence-electron chi connectivity index (χ1n) is 9.29. The fourth-order valence-corrected chi connectivity index (χ4v) is 2.47. The lowest BCUT2D eigenvalue weighted by Gasteiger charge is -2.23. The number of carboxylic acid groups (broad SMARTS) is 1. The molecule has 0 aliphatic carbocycles. The minimum Gasteiger partial charge on any atom is -0.480 e. The van der Waals surface area contributed by atoms with Gasteiger partial charge >= 0.3 is 12.1 Å². The van der Waals surface area contributed by atoms with Gasteiger partial charge in [0.2, 0.25) is 5.91 Å². The van der Waals surface area contributed by atoms with Crippen molar-refractivity contribution in [1.82, 2.24) is 16.0 Å². The van der Waals surface area contributed by atoms with Gasteiger partial charge in [0.1, 0.15) is 18.7 Å². The predicted octanol–water partition coefficient (Wildman–Crippen LogP) is 0.770. The number of rotatable bonds is 11. The smallest absolute Gasteiger partial charge is 0.408 e. The number of benzene rings is 1. The number of carbonyl (C=O) groups is 3. The molecule has 29 heavy (non-hydrogen) atoms. The van der Waals surface area contributed by atoms with Gasteiger partial charge in [0, 0.05) is 6.54 Å². The average molecular weight is 407 g/mol. The van der Waals surface area contributed by atoms with Crippen molar-refractivity contribution in [2.45, 2.75) is 45.4 Å². The van der Waals surface area contributed by atoms with Crippen LogP contribution in [0.4, 0.5) is 4.79 Å². The van der Waals surface area contributed by atoms with Gasteiger partial charge in [0.05, 0.1) is 0 Å². The van der Waals surface area contributed by atoms with Gasteiger partial charge in [0.25, 0.3) is 0 Å². The Bertz CT molecular complexity index is 695. The van der Waals surface area contributed by atoms with E-state index in [2.05, 4.69) is 16.0 Å². The van der Waals surface area contributed by atoms with Crippen LogP contribution in [0.25, 0.3) is 0 Å². The number of guanidine groups is 1. The van der Waals surface area contributed by atoms with E-state index >= 15 is 0 Å². The van der Waals surface area contributed by atoms with E-state index in [1.807, 2.05) is 18.2 Å². The fraction of sp³-hybridized carbons (Fsp3) is 0.474. The highest BCUT2D eigenvalue weighted by atomic mass is 16.5. The van der Waals surface area contributed by atoms with Crippen LogP contribution in [0.5, 0.6) is 0 Å². The lowest BCUT2D eigenvalue weighted by Crippen LogP contribution is -2.53. The quantitative estimate of drug-likeness (QED) is 0.179. The summed E-state index contributed by atoms with van der Waals surface area (Å²) in [7, 11) is 0. The molecule has 1 aromatic rings. The molecular weight excluding hydrogens is 378 g/mol.